The monoisotopic (exact) mass is 477 g/mol. The summed E-state index contributed by atoms with van der Waals surface area (Å²) in [6, 6.07) is 6.83. The third-order valence-electron chi connectivity index (χ3n) is 6.11. The van der Waals surface area contributed by atoms with E-state index in [4.69, 9.17) is 9.15 Å². The Labute approximate surface area is 200 Å². The predicted molar refractivity (Wildman–Crippen MR) is 127 cm³/mol. The smallest absolute Gasteiger partial charge is 0.339 e. The number of carbonyl (C=O) groups excluding carboxylic acids is 2. The summed E-state index contributed by atoms with van der Waals surface area (Å²) < 4.78 is 11.3. The number of aromatic nitrogens is 1. The number of aromatic hydroxyl groups is 1. The molecule has 0 saturated heterocycles. The van der Waals surface area contributed by atoms with E-state index >= 15 is 0 Å². The maximum Gasteiger partial charge on any atom is 0.339 e. The van der Waals surface area contributed by atoms with Crippen LogP contribution in [0.15, 0.2) is 45.7 Å². The number of aryl methyl sites for hydroxylation is 2. The van der Waals surface area contributed by atoms with Crippen LogP contribution < -0.4 is 20.8 Å². The Morgan fingerprint density at radius 2 is 1.91 bits per heavy atom. The van der Waals surface area contributed by atoms with E-state index in [1.54, 1.807) is 45.2 Å². The molecule has 0 saturated carbocycles. The molecule has 2 atom stereocenters. The molecule has 2 aromatic carbocycles. The molecule has 9 nitrogen and oxygen atoms in total. The topological polar surface area (TPSA) is 145 Å². The molecule has 2 heterocycles. The first-order valence-electron chi connectivity index (χ1n) is 11.1. The van der Waals surface area contributed by atoms with Gasteiger partial charge in [0.2, 0.25) is 0 Å². The fourth-order valence-corrected chi connectivity index (χ4v) is 4.06. The molecule has 3 N–H and O–H groups in total. The summed E-state index contributed by atoms with van der Waals surface area (Å²) in [5.74, 6) is -1.71. The fourth-order valence-electron chi connectivity index (χ4n) is 4.06. The first-order valence-corrected chi connectivity index (χ1v) is 11.1. The summed E-state index contributed by atoms with van der Waals surface area (Å²) in [4.78, 5) is 39.8. The second-order valence-electron chi connectivity index (χ2n) is 8.66. The van der Waals surface area contributed by atoms with Crippen LogP contribution >= 0.6 is 0 Å². The zero-order valence-electron chi connectivity index (χ0n) is 19.7. The highest BCUT2D eigenvalue weighted by atomic mass is 16.5. The molecule has 9 heteroatoms. The van der Waals surface area contributed by atoms with E-state index in [0.29, 0.717) is 38.8 Å². The molecule has 0 unspecified atom stereocenters. The number of phenolic OH excluding ortho intramolecular Hbond substituents is 1. The molecule has 0 spiro atoms. The highest BCUT2D eigenvalue weighted by molar-refractivity contribution is 5.90. The minimum absolute atomic E-state index is 0.0427. The quantitative estimate of drug-likeness (QED) is 0.346. The van der Waals surface area contributed by atoms with E-state index in [0.717, 1.165) is 11.1 Å². The van der Waals surface area contributed by atoms with Crippen molar-refractivity contribution in [2.75, 3.05) is 0 Å². The van der Waals surface area contributed by atoms with Gasteiger partial charge in [-0.25, -0.2) is 4.79 Å². The average molecular weight is 477 g/mol. The molecule has 0 radical (unpaired) electrons. The number of aromatic amines is 1. The summed E-state index contributed by atoms with van der Waals surface area (Å²) in [5.41, 5.74) is 3.10. The second-order valence-corrected chi connectivity index (χ2v) is 8.66. The van der Waals surface area contributed by atoms with Crippen LogP contribution in [-0.4, -0.2) is 34.1 Å². The van der Waals surface area contributed by atoms with Crippen molar-refractivity contribution in [2.45, 2.75) is 46.3 Å². The number of carboxylic acids is 1. The van der Waals surface area contributed by atoms with Crippen LogP contribution in [0.5, 0.6) is 11.5 Å². The van der Waals surface area contributed by atoms with E-state index in [1.165, 1.54) is 19.1 Å². The van der Waals surface area contributed by atoms with Gasteiger partial charge in [0, 0.05) is 29.1 Å². The number of H-pyrrole nitrogens is 1. The Hall–Kier alpha value is -4.27. The van der Waals surface area contributed by atoms with Crippen LogP contribution in [0.1, 0.15) is 29.2 Å². The molecule has 4 aromatic rings. The summed E-state index contributed by atoms with van der Waals surface area (Å²) in [5, 5.41) is 25.3. The molecule has 0 fully saturated rings. The number of benzene rings is 2. The molecule has 1 amide bonds. The molecule has 2 aromatic heterocycles. The standard InChI is InChI=1S/C26H26N2O7/c1-12-7-21(23-13(2)14(3)26(33)35-22(23)8-12)34-15(4)24(30)28-20(25(31)32)9-16-11-27-19-6-5-17(29)10-18(16)19/h5-8,10-11,15,20,27,29H,9H2,1-4H3,(H,28,30)(H,31,32)/p-1/t15-,20-/m1/s1. The van der Waals surface area contributed by atoms with E-state index in [2.05, 4.69) is 10.3 Å². The van der Waals surface area contributed by atoms with Gasteiger partial charge < -0.3 is 34.5 Å². The zero-order chi connectivity index (χ0) is 25.4. The van der Waals surface area contributed by atoms with Crippen LogP contribution in [0, 0.1) is 20.8 Å². The van der Waals surface area contributed by atoms with Crippen molar-refractivity contribution in [3.8, 4) is 11.5 Å². The maximum atomic E-state index is 12.9. The Kier molecular flexibility index (Phi) is 6.26. The molecule has 35 heavy (non-hydrogen) atoms. The third-order valence-corrected chi connectivity index (χ3v) is 6.11. The van der Waals surface area contributed by atoms with Crippen molar-refractivity contribution in [2.24, 2.45) is 0 Å². The lowest BCUT2D eigenvalue weighted by atomic mass is 10.0. The van der Waals surface area contributed by atoms with Gasteiger partial charge in [-0.2, -0.15) is 0 Å². The second kappa shape index (κ2) is 9.17. The van der Waals surface area contributed by atoms with Crippen molar-refractivity contribution in [1.29, 1.82) is 0 Å². The van der Waals surface area contributed by atoms with Gasteiger partial charge in [0.05, 0.1) is 17.4 Å². The number of rotatable bonds is 7. The number of fused-ring (bicyclic) bond motifs is 2. The van der Waals surface area contributed by atoms with Gasteiger partial charge in [-0.3, -0.25) is 4.79 Å². The van der Waals surface area contributed by atoms with Crippen molar-refractivity contribution in [3.05, 3.63) is 69.2 Å². The number of amides is 1. The lowest BCUT2D eigenvalue weighted by Gasteiger charge is -2.23. The highest BCUT2D eigenvalue weighted by Gasteiger charge is 2.23. The van der Waals surface area contributed by atoms with Gasteiger partial charge in [0.15, 0.2) is 6.10 Å². The van der Waals surface area contributed by atoms with Crippen LogP contribution in [0.3, 0.4) is 0 Å². The lowest BCUT2D eigenvalue weighted by Crippen LogP contribution is -2.52. The van der Waals surface area contributed by atoms with Crippen LogP contribution in [0.25, 0.3) is 21.9 Å². The van der Waals surface area contributed by atoms with Gasteiger partial charge in [-0.05, 0) is 74.7 Å². The largest absolute Gasteiger partial charge is 0.548 e. The minimum Gasteiger partial charge on any atom is -0.548 e. The van der Waals surface area contributed by atoms with Gasteiger partial charge in [0.1, 0.15) is 17.1 Å². The molecular formula is C26H25N2O7-. The zero-order valence-corrected chi connectivity index (χ0v) is 19.7. The lowest BCUT2D eigenvalue weighted by molar-refractivity contribution is -0.308. The first kappa shape index (κ1) is 23.9. The van der Waals surface area contributed by atoms with Crippen molar-refractivity contribution in [3.63, 3.8) is 0 Å². The Bertz CT molecular complexity index is 1520. The number of phenols is 1. The maximum absolute atomic E-state index is 12.9. The molecule has 0 aliphatic carbocycles. The average Bonchev–Trinajstić information content (AvgIpc) is 3.18. The number of hydrogen-bond acceptors (Lipinski definition) is 7. The van der Waals surface area contributed by atoms with Crippen molar-refractivity contribution in [1.82, 2.24) is 10.3 Å². The van der Waals surface area contributed by atoms with Crippen molar-refractivity contribution < 1.29 is 29.0 Å². The van der Waals surface area contributed by atoms with Gasteiger partial charge >= 0.3 is 5.63 Å². The van der Waals surface area contributed by atoms with Gasteiger partial charge in [0.25, 0.3) is 5.91 Å². The normalized spacial score (nSPS) is 13.0. The summed E-state index contributed by atoms with van der Waals surface area (Å²) >= 11 is 0. The van der Waals surface area contributed by atoms with E-state index in [9.17, 15) is 24.6 Å². The molecular weight excluding hydrogens is 452 g/mol. The SMILES string of the molecule is Cc1cc(O[C@H](C)C(=O)N[C@H](Cc2c[nH]c3ccc(O)cc23)C(=O)[O-])c2c(C)c(C)c(=O)oc2c1. The third kappa shape index (κ3) is 4.70. The highest BCUT2D eigenvalue weighted by Crippen LogP contribution is 2.31. The Morgan fingerprint density at radius 1 is 1.17 bits per heavy atom. The Balaban J connectivity index is 1.57. The summed E-state index contributed by atoms with van der Waals surface area (Å²) in [7, 11) is 0. The number of aliphatic carboxylic acids is 1. The number of carbonyl (C=O) groups is 2. The predicted octanol–water partition coefficient (Wildman–Crippen LogP) is 2.15. The number of ether oxygens (including phenoxy) is 1. The van der Waals surface area contributed by atoms with Crippen LogP contribution in [-0.2, 0) is 16.0 Å². The number of carboxylic acid groups (broad SMARTS) is 1. The fraction of sp³-hybridized carbons (Fsp3) is 0.269. The van der Waals surface area contributed by atoms with Gasteiger partial charge in [-0.1, -0.05) is 0 Å². The van der Waals surface area contributed by atoms with Crippen molar-refractivity contribution >= 4 is 33.7 Å². The Morgan fingerprint density at radius 3 is 2.63 bits per heavy atom. The van der Waals surface area contributed by atoms with E-state index < -0.39 is 29.6 Å². The van der Waals surface area contributed by atoms with Gasteiger partial charge in [-0.15, -0.1) is 0 Å². The molecule has 0 aliphatic rings. The molecule has 4 rings (SSSR count). The minimum atomic E-state index is -1.45. The number of nitrogens with one attached hydrogen (secondary N) is 2. The molecule has 0 bridgehead atoms. The van der Waals surface area contributed by atoms with E-state index in [-0.39, 0.29) is 12.2 Å². The van der Waals surface area contributed by atoms with Crippen LogP contribution in [0.2, 0.25) is 0 Å². The first-order chi connectivity index (χ1) is 16.5. The summed E-state index contributed by atoms with van der Waals surface area (Å²) in [6.07, 6.45) is 0.519. The van der Waals surface area contributed by atoms with E-state index in [1.807, 2.05) is 0 Å². The summed E-state index contributed by atoms with van der Waals surface area (Å²) in [6.45, 7) is 6.72. The molecule has 0 aliphatic heterocycles. The molecule has 182 valence electrons. The number of hydrogen-bond donors (Lipinski definition) is 3. The van der Waals surface area contributed by atoms with Crippen LogP contribution in [0.4, 0.5) is 0 Å².